The van der Waals surface area contributed by atoms with E-state index >= 15 is 0 Å². The van der Waals surface area contributed by atoms with Crippen molar-refractivity contribution < 1.29 is 14.6 Å². The van der Waals surface area contributed by atoms with Gasteiger partial charge in [0.25, 0.3) is 5.91 Å². The Bertz CT molecular complexity index is 701. The van der Waals surface area contributed by atoms with Crippen LogP contribution in [0.15, 0.2) is 53.6 Å². The minimum Gasteiger partial charge on any atom is -0.508 e. The van der Waals surface area contributed by atoms with E-state index in [4.69, 9.17) is 4.74 Å². The molecule has 3 N–H and O–H groups in total. The summed E-state index contributed by atoms with van der Waals surface area (Å²) >= 11 is 0. The molecule has 0 radical (unpaired) electrons. The van der Waals surface area contributed by atoms with Crippen LogP contribution in [0.25, 0.3) is 0 Å². The van der Waals surface area contributed by atoms with Crippen molar-refractivity contribution in [3.63, 3.8) is 0 Å². The van der Waals surface area contributed by atoms with Crippen LogP contribution in [0.1, 0.15) is 12.5 Å². The van der Waals surface area contributed by atoms with Gasteiger partial charge in [0.1, 0.15) is 17.5 Å². The summed E-state index contributed by atoms with van der Waals surface area (Å²) in [7, 11) is 1.57. The maximum absolute atomic E-state index is 12.0. The maximum atomic E-state index is 12.0. The molecule has 1 atom stereocenters. The van der Waals surface area contributed by atoms with Gasteiger partial charge in [-0.15, -0.1) is 0 Å². The molecule has 0 aliphatic heterocycles. The average Bonchev–Trinajstić information content (AvgIpc) is 2.55. The maximum Gasteiger partial charge on any atom is 0.262 e. The second-order valence-electron chi connectivity index (χ2n) is 4.90. The molecule has 1 unspecified atom stereocenters. The van der Waals surface area contributed by atoms with Gasteiger partial charge in [-0.2, -0.15) is 5.10 Å². The summed E-state index contributed by atoms with van der Waals surface area (Å²) in [5.74, 6) is 0.522. The zero-order valence-electron chi connectivity index (χ0n) is 13.0. The van der Waals surface area contributed by atoms with Crippen LogP contribution >= 0.6 is 0 Å². The summed E-state index contributed by atoms with van der Waals surface area (Å²) in [6.45, 7) is 1.73. The number of amides is 1. The number of phenols is 1. The fraction of sp³-hybridized carbons (Fsp3) is 0.176. The molecule has 2 rings (SSSR count). The number of anilines is 1. The van der Waals surface area contributed by atoms with Gasteiger partial charge in [-0.05, 0) is 36.8 Å². The van der Waals surface area contributed by atoms with Crippen LogP contribution in [0, 0.1) is 0 Å². The molecule has 0 bridgehead atoms. The topological polar surface area (TPSA) is 83.0 Å². The first-order valence-corrected chi connectivity index (χ1v) is 7.11. The molecule has 0 saturated carbocycles. The van der Waals surface area contributed by atoms with Crippen LogP contribution in [-0.4, -0.2) is 30.4 Å². The highest BCUT2D eigenvalue weighted by Gasteiger charge is 2.13. The largest absolute Gasteiger partial charge is 0.508 e. The number of methoxy groups -OCH3 is 1. The fourth-order valence-corrected chi connectivity index (χ4v) is 1.94. The van der Waals surface area contributed by atoms with E-state index in [0.717, 1.165) is 5.69 Å². The second-order valence-corrected chi connectivity index (χ2v) is 4.90. The Balaban J connectivity index is 1.92. The van der Waals surface area contributed by atoms with Crippen molar-refractivity contribution in [2.45, 2.75) is 13.0 Å². The summed E-state index contributed by atoms with van der Waals surface area (Å²) in [6, 6.07) is 13.4. The lowest BCUT2D eigenvalue weighted by Gasteiger charge is -2.15. The van der Waals surface area contributed by atoms with E-state index in [9.17, 15) is 9.90 Å². The number of hydrazone groups is 1. The van der Waals surface area contributed by atoms with E-state index in [0.29, 0.717) is 11.3 Å². The zero-order valence-corrected chi connectivity index (χ0v) is 13.0. The van der Waals surface area contributed by atoms with Gasteiger partial charge < -0.3 is 15.2 Å². The third-order valence-corrected chi connectivity index (χ3v) is 3.13. The summed E-state index contributed by atoms with van der Waals surface area (Å²) in [6.07, 6.45) is 1.47. The number of rotatable bonds is 6. The first kappa shape index (κ1) is 16.4. The number of ether oxygens (including phenoxy) is 1. The molecular formula is C17H19N3O3. The monoisotopic (exact) mass is 313 g/mol. The van der Waals surface area contributed by atoms with Gasteiger partial charge >= 0.3 is 0 Å². The number of hydrogen-bond donors (Lipinski definition) is 3. The zero-order chi connectivity index (χ0) is 16.7. The van der Waals surface area contributed by atoms with Crippen molar-refractivity contribution in [1.29, 1.82) is 0 Å². The Hall–Kier alpha value is -3.02. The van der Waals surface area contributed by atoms with E-state index in [1.807, 2.05) is 24.3 Å². The Kier molecular flexibility index (Phi) is 5.57. The van der Waals surface area contributed by atoms with Crippen molar-refractivity contribution in [2.75, 3.05) is 12.4 Å². The van der Waals surface area contributed by atoms with Gasteiger partial charge in [-0.3, -0.25) is 4.79 Å². The van der Waals surface area contributed by atoms with Gasteiger partial charge in [0.2, 0.25) is 0 Å². The van der Waals surface area contributed by atoms with Crippen LogP contribution in [0.2, 0.25) is 0 Å². The quantitative estimate of drug-likeness (QED) is 0.565. The summed E-state index contributed by atoms with van der Waals surface area (Å²) in [5, 5.41) is 16.3. The minimum absolute atomic E-state index is 0.145. The number of nitrogens with one attached hydrogen (secondary N) is 2. The second kappa shape index (κ2) is 7.84. The SMILES string of the molecule is COc1ccccc1NC(C)C(=O)NN=Cc1cccc(O)c1. The third-order valence-electron chi connectivity index (χ3n) is 3.13. The van der Waals surface area contributed by atoms with Crippen molar-refractivity contribution in [2.24, 2.45) is 5.10 Å². The van der Waals surface area contributed by atoms with Crippen LogP contribution in [0.5, 0.6) is 11.5 Å². The molecule has 2 aromatic carbocycles. The predicted octanol–water partition coefficient (Wildman–Crippen LogP) is 2.35. The molecule has 0 spiro atoms. The lowest BCUT2D eigenvalue weighted by atomic mass is 10.2. The smallest absolute Gasteiger partial charge is 0.262 e. The number of para-hydroxylation sites is 2. The van der Waals surface area contributed by atoms with Gasteiger partial charge in [-0.25, -0.2) is 5.43 Å². The van der Waals surface area contributed by atoms with Crippen LogP contribution < -0.4 is 15.5 Å². The van der Waals surface area contributed by atoms with E-state index in [1.54, 1.807) is 38.3 Å². The molecule has 0 aromatic heterocycles. The highest BCUT2D eigenvalue weighted by molar-refractivity contribution is 5.86. The molecule has 2 aromatic rings. The van der Waals surface area contributed by atoms with E-state index < -0.39 is 6.04 Å². The number of hydrogen-bond acceptors (Lipinski definition) is 5. The molecule has 6 nitrogen and oxygen atoms in total. The number of aromatic hydroxyl groups is 1. The highest BCUT2D eigenvalue weighted by atomic mass is 16.5. The van der Waals surface area contributed by atoms with E-state index in [-0.39, 0.29) is 11.7 Å². The first-order valence-electron chi connectivity index (χ1n) is 7.11. The van der Waals surface area contributed by atoms with Crippen LogP contribution in [-0.2, 0) is 4.79 Å². The van der Waals surface area contributed by atoms with Crippen molar-refractivity contribution in [3.05, 3.63) is 54.1 Å². The molecule has 0 fully saturated rings. The van der Waals surface area contributed by atoms with Gasteiger partial charge in [0.05, 0.1) is 19.0 Å². The number of carbonyl (C=O) groups is 1. The van der Waals surface area contributed by atoms with E-state index in [1.165, 1.54) is 6.21 Å². The number of benzene rings is 2. The molecule has 23 heavy (non-hydrogen) atoms. The Labute approximate surface area is 134 Å². The van der Waals surface area contributed by atoms with Crippen LogP contribution in [0.3, 0.4) is 0 Å². The summed E-state index contributed by atoms with van der Waals surface area (Å²) in [4.78, 5) is 12.0. The minimum atomic E-state index is -0.493. The fourth-order valence-electron chi connectivity index (χ4n) is 1.94. The van der Waals surface area contributed by atoms with Crippen LogP contribution in [0.4, 0.5) is 5.69 Å². The molecule has 0 aliphatic rings. The third kappa shape index (κ3) is 4.74. The van der Waals surface area contributed by atoms with Gasteiger partial charge in [-0.1, -0.05) is 24.3 Å². The Morgan fingerprint density at radius 2 is 2.04 bits per heavy atom. The van der Waals surface area contributed by atoms with Crippen molar-refractivity contribution >= 4 is 17.8 Å². The highest BCUT2D eigenvalue weighted by Crippen LogP contribution is 2.23. The summed E-state index contributed by atoms with van der Waals surface area (Å²) < 4.78 is 5.23. The standard InChI is InChI=1S/C17H19N3O3/c1-12(19-15-8-3-4-9-16(15)23-2)17(22)20-18-11-13-6-5-7-14(21)10-13/h3-12,19,21H,1-2H3,(H,20,22). The number of phenolic OH excluding ortho intramolecular Hbond substituents is 1. The predicted molar refractivity (Wildman–Crippen MR) is 89.9 cm³/mol. The van der Waals surface area contributed by atoms with E-state index in [2.05, 4.69) is 15.8 Å². The molecular weight excluding hydrogens is 294 g/mol. The Morgan fingerprint density at radius 3 is 2.78 bits per heavy atom. The average molecular weight is 313 g/mol. The van der Waals surface area contributed by atoms with Crippen molar-refractivity contribution in [3.8, 4) is 11.5 Å². The van der Waals surface area contributed by atoms with Gasteiger partial charge in [0, 0.05) is 0 Å². The lowest BCUT2D eigenvalue weighted by molar-refractivity contribution is -0.121. The normalized spacial score (nSPS) is 11.9. The molecule has 0 aliphatic carbocycles. The molecule has 0 saturated heterocycles. The lowest BCUT2D eigenvalue weighted by Crippen LogP contribution is -2.35. The Morgan fingerprint density at radius 1 is 1.26 bits per heavy atom. The number of nitrogens with zero attached hydrogens (tertiary/aromatic N) is 1. The molecule has 120 valence electrons. The van der Waals surface area contributed by atoms with Crippen molar-refractivity contribution in [1.82, 2.24) is 5.43 Å². The number of carbonyl (C=O) groups excluding carboxylic acids is 1. The van der Waals surface area contributed by atoms with Gasteiger partial charge in [0.15, 0.2) is 0 Å². The molecule has 6 heteroatoms. The molecule has 1 amide bonds. The first-order chi connectivity index (χ1) is 11.1. The summed E-state index contributed by atoms with van der Waals surface area (Å²) in [5.41, 5.74) is 3.88. The molecule has 0 heterocycles.